The molecule has 0 saturated carbocycles. The summed E-state index contributed by atoms with van der Waals surface area (Å²) in [6.07, 6.45) is 2.95. The van der Waals surface area contributed by atoms with Crippen molar-refractivity contribution in [3.63, 3.8) is 0 Å². The van der Waals surface area contributed by atoms with E-state index in [1.807, 2.05) is 0 Å². The Labute approximate surface area is 235 Å². The fourth-order valence-corrected chi connectivity index (χ4v) is 4.19. The number of carbonyl (C=O) groups is 3. The van der Waals surface area contributed by atoms with Gasteiger partial charge in [0, 0.05) is 37.6 Å². The summed E-state index contributed by atoms with van der Waals surface area (Å²) in [5, 5.41) is 17.2. The number of aromatic carboxylic acids is 1. The number of quaternary nitrogens is 1. The molecule has 2 heterocycles. The van der Waals surface area contributed by atoms with Crippen molar-refractivity contribution in [2.24, 2.45) is 0 Å². The number of nitrogens with one attached hydrogen (secondary N) is 3. The topological polar surface area (TPSA) is 199 Å². The number of hydrogen-bond acceptors (Lipinski definition) is 8. The van der Waals surface area contributed by atoms with E-state index in [1.165, 1.54) is 53.2 Å². The summed E-state index contributed by atoms with van der Waals surface area (Å²) in [5.74, 6) is -2.59. The van der Waals surface area contributed by atoms with E-state index in [0.29, 0.717) is 11.1 Å². The monoisotopic (exact) mass is 572 g/mol. The number of carboxylic acid groups (broad SMARTS) is 1. The molecule has 0 unspecified atom stereocenters. The van der Waals surface area contributed by atoms with Gasteiger partial charge in [-0.2, -0.15) is 0 Å². The van der Waals surface area contributed by atoms with Gasteiger partial charge in [0.25, 0.3) is 22.7 Å². The van der Waals surface area contributed by atoms with Gasteiger partial charge in [-0.1, -0.05) is 18.2 Å². The van der Waals surface area contributed by atoms with Gasteiger partial charge in [-0.15, -0.1) is 0 Å². The first-order valence-electron chi connectivity index (χ1n) is 12.5. The summed E-state index contributed by atoms with van der Waals surface area (Å²) in [4.78, 5) is 68.3. The highest BCUT2D eigenvalue weighted by Crippen LogP contribution is 2.15. The summed E-state index contributed by atoms with van der Waals surface area (Å²) in [6, 6.07) is 11.6. The van der Waals surface area contributed by atoms with Gasteiger partial charge in [0.05, 0.1) is 5.56 Å². The number of anilines is 1. The van der Waals surface area contributed by atoms with Crippen molar-refractivity contribution in [3.8, 4) is 0 Å². The Balaban J connectivity index is 1.26. The standard InChI is InChI=1S/C28H22FN7O6/c29-18-6-3-15(9-17(18)13-32-22-21(30)23(37)24(22)38)12-33-25(39)19-10-20(36-8-7-31-28(36)35-19)26(40)34-11-14-1-4-16(5-2-14)27(41)42/h1-10,32H,11-13,30H2,(H,33,39)(H,34,40)(H,41,42)/p+1. The maximum Gasteiger partial charge on any atom is 0.335 e. The Hall–Kier alpha value is -5.76. The van der Waals surface area contributed by atoms with Crippen LogP contribution in [0.25, 0.3) is 5.78 Å². The smallest absolute Gasteiger partial charge is 0.335 e. The highest BCUT2D eigenvalue weighted by molar-refractivity contribution is 5.98. The number of fused-ring (bicyclic) bond motifs is 1. The normalized spacial score (nSPS) is 11.0. The molecular weight excluding hydrogens is 549 g/mol. The average molecular weight is 573 g/mol. The lowest BCUT2D eigenvalue weighted by atomic mass is 10.1. The molecule has 3 aromatic carbocycles. The van der Waals surface area contributed by atoms with E-state index in [-0.39, 0.29) is 59.3 Å². The average Bonchev–Trinajstić information content (AvgIpc) is 3.48. The number of amides is 2. The molecule has 7 N–H and O–H groups in total. The molecule has 0 fully saturated rings. The molecule has 212 valence electrons. The molecule has 14 heteroatoms. The van der Waals surface area contributed by atoms with E-state index in [0.717, 1.165) is 0 Å². The van der Waals surface area contributed by atoms with Crippen LogP contribution >= 0.6 is 0 Å². The molecule has 2 aromatic heterocycles. The minimum absolute atomic E-state index is 0.00196. The van der Waals surface area contributed by atoms with Crippen LogP contribution in [0.2, 0.25) is 0 Å². The van der Waals surface area contributed by atoms with Crippen molar-refractivity contribution >= 4 is 34.9 Å². The molecule has 13 nitrogen and oxygen atoms in total. The van der Waals surface area contributed by atoms with Gasteiger partial charge in [0.2, 0.25) is 11.5 Å². The number of halogens is 1. The first-order valence-corrected chi connectivity index (χ1v) is 12.5. The van der Waals surface area contributed by atoms with Crippen LogP contribution in [0.4, 0.5) is 15.8 Å². The van der Waals surface area contributed by atoms with E-state index < -0.39 is 34.5 Å². The van der Waals surface area contributed by atoms with Crippen molar-refractivity contribution in [1.29, 1.82) is 0 Å². The molecule has 5 rings (SSSR count). The molecule has 0 atom stereocenters. The maximum atomic E-state index is 14.3. The van der Waals surface area contributed by atoms with Crippen LogP contribution in [0, 0.1) is 5.82 Å². The van der Waals surface area contributed by atoms with Gasteiger partial charge in [0.15, 0.2) is 5.69 Å². The molecule has 5 aromatic rings. The van der Waals surface area contributed by atoms with Crippen LogP contribution in [0.15, 0.2) is 70.5 Å². The second-order valence-corrected chi connectivity index (χ2v) is 9.28. The quantitative estimate of drug-likeness (QED) is 0.148. The summed E-state index contributed by atoms with van der Waals surface area (Å²) < 4.78 is 15.8. The predicted molar refractivity (Wildman–Crippen MR) is 146 cm³/mol. The molecule has 2 amide bonds. The molecule has 0 aliphatic carbocycles. The van der Waals surface area contributed by atoms with E-state index in [9.17, 15) is 28.4 Å². The minimum Gasteiger partial charge on any atom is -0.478 e. The SMILES string of the molecule is [NH3+]c1c(NCc2cc(CNC(=O)c3cc(C(=O)NCc4ccc(C(=O)O)cc4)n4ccnc4n3)ccc2F)c(=O)c1=O. The summed E-state index contributed by atoms with van der Waals surface area (Å²) in [6.45, 7) is 0.0433. The van der Waals surface area contributed by atoms with E-state index in [1.54, 1.807) is 12.1 Å². The lowest BCUT2D eigenvalue weighted by Crippen LogP contribution is -2.55. The van der Waals surface area contributed by atoms with Crippen LogP contribution in [-0.2, 0) is 19.6 Å². The summed E-state index contributed by atoms with van der Waals surface area (Å²) in [5.41, 5.74) is 3.81. The van der Waals surface area contributed by atoms with Gasteiger partial charge < -0.3 is 26.8 Å². The number of rotatable bonds is 10. The molecule has 42 heavy (non-hydrogen) atoms. The number of imidazole rings is 1. The number of carboxylic acids is 1. The molecule has 0 saturated heterocycles. The van der Waals surface area contributed by atoms with E-state index >= 15 is 0 Å². The number of benzene rings is 2. The van der Waals surface area contributed by atoms with Crippen LogP contribution in [-0.4, -0.2) is 37.3 Å². The molecular formula is C28H23FN7O6+. The second kappa shape index (κ2) is 11.4. The Morgan fingerprint density at radius 3 is 2.31 bits per heavy atom. The van der Waals surface area contributed by atoms with Gasteiger partial charge in [-0.25, -0.2) is 19.2 Å². The number of nitrogens with zero attached hydrogens (tertiary/aromatic N) is 3. The molecule has 0 spiro atoms. The third kappa shape index (κ3) is 5.59. The van der Waals surface area contributed by atoms with Crippen molar-refractivity contribution in [2.45, 2.75) is 19.6 Å². The molecule has 0 radical (unpaired) electrons. The van der Waals surface area contributed by atoms with Crippen LogP contribution < -0.4 is 32.5 Å². The Morgan fingerprint density at radius 1 is 0.905 bits per heavy atom. The fraction of sp³-hybridized carbons (Fsp3) is 0.107. The van der Waals surface area contributed by atoms with Gasteiger partial charge in [-0.3, -0.25) is 23.6 Å². The number of hydrogen-bond donors (Lipinski definition) is 5. The fourth-order valence-electron chi connectivity index (χ4n) is 4.19. The predicted octanol–water partition coefficient (Wildman–Crippen LogP) is 0.508. The first-order chi connectivity index (χ1) is 20.1. The zero-order valence-electron chi connectivity index (χ0n) is 21.8. The van der Waals surface area contributed by atoms with Gasteiger partial charge >= 0.3 is 5.97 Å². The van der Waals surface area contributed by atoms with E-state index in [4.69, 9.17) is 5.11 Å². The van der Waals surface area contributed by atoms with E-state index in [2.05, 4.69) is 31.7 Å². The lowest BCUT2D eigenvalue weighted by Gasteiger charge is -2.12. The van der Waals surface area contributed by atoms with Crippen molar-refractivity contribution < 1.29 is 29.6 Å². The summed E-state index contributed by atoms with van der Waals surface area (Å²) >= 11 is 0. The Bertz CT molecular complexity index is 1930. The van der Waals surface area contributed by atoms with Crippen molar-refractivity contribution in [1.82, 2.24) is 25.0 Å². The highest BCUT2D eigenvalue weighted by Gasteiger charge is 2.22. The molecule has 0 aliphatic rings. The molecule has 0 bridgehead atoms. The Kier molecular flexibility index (Phi) is 7.53. The largest absolute Gasteiger partial charge is 0.478 e. The zero-order chi connectivity index (χ0) is 30.0. The van der Waals surface area contributed by atoms with Crippen LogP contribution in [0.3, 0.4) is 0 Å². The van der Waals surface area contributed by atoms with Crippen molar-refractivity contribution in [3.05, 3.63) is 121 Å². The third-order valence-electron chi connectivity index (χ3n) is 6.52. The second-order valence-electron chi connectivity index (χ2n) is 9.28. The molecule has 0 aliphatic heterocycles. The number of carbonyl (C=O) groups excluding carboxylic acids is 2. The lowest BCUT2D eigenvalue weighted by molar-refractivity contribution is -0.256. The number of aromatic nitrogens is 3. The summed E-state index contributed by atoms with van der Waals surface area (Å²) in [7, 11) is 0. The van der Waals surface area contributed by atoms with Gasteiger partial charge in [-0.05, 0) is 41.5 Å². The van der Waals surface area contributed by atoms with Crippen molar-refractivity contribution in [2.75, 3.05) is 5.32 Å². The zero-order valence-corrected chi connectivity index (χ0v) is 21.8. The first kappa shape index (κ1) is 27.8. The highest BCUT2D eigenvalue weighted by atomic mass is 19.1. The third-order valence-corrected chi connectivity index (χ3v) is 6.52. The van der Waals surface area contributed by atoms with Gasteiger partial charge in [0.1, 0.15) is 17.2 Å². The van der Waals surface area contributed by atoms with Crippen LogP contribution in [0.1, 0.15) is 48.0 Å². The minimum atomic E-state index is -1.06. The maximum absolute atomic E-state index is 14.3. The Morgan fingerprint density at radius 2 is 1.60 bits per heavy atom. The van der Waals surface area contributed by atoms with Crippen LogP contribution in [0.5, 0.6) is 0 Å².